The van der Waals surface area contributed by atoms with Crippen molar-refractivity contribution in [3.63, 3.8) is 0 Å². The van der Waals surface area contributed by atoms with Crippen molar-refractivity contribution in [2.45, 2.75) is 82.5 Å². The molecule has 2 amide bonds. The molecule has 0 spiro atoms. The fourth-order valence-corrected chi connectivity index (χ4v) is 8.06. The van der Waals surface area contributed by atoms with E-state index in [9.17, 15) is 9.59 Å². The lowest BCUT2D eigenvalue weighted by atomic mass is 9.79. The fraction of sp³-hybridized carbons (Fsp3) is 0.500. The van der Waals surface area contributed by atoms with E-state index in [1.165, 1.54) is 38.5 Å². The van der Waals surface area contributed by atoms with E-state index in [0.29, 0.717) is 22.4 Å². The maximum Gasteiger partial charge on any atom is 0.260 e. The summed E-state index contributed by atoms with van der Waals surface area (Å²) in [5.41, 5.74) is 2.68. The van der Waals surface area contributed by atoms with Gasteiger partial charge in [-0.05, 0) is 72.6 Å². The van der Waals surface area contributed by atoms with Gasteiger partial charge in [0.15, 0.2) is 0 Å². The van der Waals surface area contributed by atoms with Gasteiger partial charge in [-0.25, -0.2) is 0 Å². The van der Waals surface area contributed by atoms with Crippen molar-refractivity contribution in [1.29, 1.82) is 0 Å². The highest BCUT2D eigenvalue weighted by molar-refractivity contribution is 8.04. The van der Waals surface area contributed by atoms with Crippen LogP contribution in [0.15, 0.2) is 53.4 Å². The summed E-state index contributed by atoms with van der Waals surface area (Å²) >= 11 is 7.96. The van der Waals surface area contributed by atoms with Gasteiger partial charge in [0.1, 0.15) is 0 Å². The van der Waals surface area contributed by atoms with Crippen LogP contribution in [0, 0.1) is 11.8 Å². The third-order valence-corrected chi connectivity index (χ3v) is 10.3. The second-order valence-electron chi connectivity index (χ2n) is 11.3. The van der Waals surface area contributed by atoms with Gasteiger partial charge in [-0.2, -0.15) is 0 Å². The predicted molar refractivity (Wildman–Crippen MR) is 158 cm³/mol. The van der Waals surface area contributed by atoms with Crippen LogP contribution >= 0.6 is 23.4 Å². The van der Waals surface area contributed by atoms with Crippen molar-refractivity contribution in [3.8, 4) is 0 Å². The zero-order chi connectivity index (χ0) is 26.5. The van der Waals surface area contributed by atoms with Gasteiger partial charge in [-0.3, -0.25) is 9.59 Å². The van der Waals surface area contributed by atoms with Crippen LogP contribution in [0.25, 0.3) is 6.08 Å². The fourth-order valence-electron chi connectivity index (χ4n) is 6.37. The van der Waals surface area contributed by atoms with Crippen LogP contribution in [0.2, 0.25) is 5.02 Å². The van der Waals surface area contributed by atoms with Crippen molar-refractivity contribution in [3.05, 3.63) is 75.1 Å². The number of nitrogens with zero attached hydrogens (tertiary/aromatic N) is 1. The molecule has 4 atom stereocenters. The van der Waals surface area contributed by atoms with Gasteiger partial charge < -0.3 is 10.2 Å². The average Bonchev–Trinajstić information content (AvgIpc) is 2.92. The Bertz CT molecular complexity index is 1160. The number of carbonyl (C=O) groups excluding carboxylic acids is 2. The van der Waals surface area contributed by atoms with Gasteiger partial charge in [0.25, 0.3) is 11.8 Å². The Morgan fingerprint density at radius 1 is 1.05 bits per heavy atom. The third-order valence-electron chi connectivity index (χ3n) is 8.62. The number of hydrogen-bond donors (Lipinski definition) is 1. The number of halogens is 1. The van der Waals surface area contributed by atoms with Crippen molar-refractivity contribution < 1.29 is 9.59 Å². The lowest BCUT2D eigenvalue weighted by Crippen LogP contribution is -2.50. The summed E-state index contributed by atoms with van der Waals surface area (Å²) in [7, 11) is 0. The Morgan fingerprint density at radius 2 is 1.82 bits per heavy atom. The molecule has 3 aliphatic rings. The molecule has 0 bridgehead atoms. The van der Waals surface area contributed by atoms with Gasteiger partial charge in [0, 0.05) is 35.0 Å². The summed E-state index contributed by atoms with van der Waals surface area (Å²) in [6.45, 7) is 3.66. The number of carbonyl (C=O) groups is 2. The highest BCUT2D eigenvalue weighted by Gasteiger charge is 2.40. The smallest absolute Gasteiger partial charge is 0.260 e. The molecule has 1 aliphatic heterocycles. The number of rotatable bonds is 7. The first-order chi connectivity index (χ1) is 18.5. The molecule has 1 heterocycles. The van der Waals surface area contributed by atoms with Gasteiger partial charge >= 0.3 is 0 Å². The first-order valence-corrected chi connectivity index (χ1v) is 15.6. The van der Waals surface area contributed by atoms with E-state index < -0.39 is 0 Å². The molecule has 2 aromatic rings. The first kappa shape index (κ1) is 27.3. The Hall–Kier alpha value is -2.24. The molecule has 2 aromatic carbocycles. The van der Waals surface area contributed by atoms with Crippen LogP contribution in [-0.4, -0.2) is 34.6 Å². The van der Waals surface area contributed by atoms with Gasteiger partial charge in [-0.1, -0.05) is 81.3 Å². The molecule has 2 aliphatic carbocycles. The Morgan fingerprint density at radius 3 is 2.61 bits per heavy atom. The highest BCUT2D eigenvalue weighted by Crippen LogP contribution is 2.43. The van der Waals surface area contributed by atoms with E-state index in [-0.39, 0.29) is 17.9 Å². The number of benzene rings is 2. The largest absolute Gasteiger partial charge is 0.352 e. The Kier molecular flexibility index (Phi) is 9.16. The van der Waals surface area contributed by atoms with Gasteiger partial charge in [0.05, 0.1) is 4.91 Å². The molecule has 202 valence electrons. The minimum Gasteiger partial charge on any atom is -0.352 e. The molecule has 38 heavy (non-hydrogen) atoms. The van der Waals surface area contributed by atoms with E-state index in [1.54, 1.807) is 11.8 Å². The van der Waals surface area contributed by atoms with Gasteiger partial charge in [-0.15, -0.1) is 11.8 Å². The second-order valence-corrected chi connectivity index (χ2v) is 13.0. The molecular formula is C32H39ClN2O2S. The molecule has 4 unspecified atom stereocenters. The van der Waals surface area contributed by atoms with E-state index in [0.717, 1.165) is 53.7 Å². The lowest BCUT2D eigenvalue weighted by Gasteiger charge is -2.44. The van der Waals surface area contributed by atoms with Gasteiger partial charge in [0.2, 0.25) is 0 Å². The van der Waals surface area contributed by atoms with Crippen LogP contribution in [0.4, 0.5) is 0 Å². The molecule has 5 rings (SSSR count). The van der Waals surface area contributed by atoms with Crippen LogP contribution < -0.4 is 5.32 Å². The number of amides is 2. The maximum absolute atomic E-state index is 13.7. The third kappa shape index (κ3) is 6.66. The number of thioether (sulfide) groups is 1. The molecule has 6 heteroatoms. The zero-order valence-electron chi connectivity index (χ0n) is 22.3. The molecular weight excluding hydrogens is 512 g/mol. The molecule has 3 fully saturated rings. The minimum absolute atomic E-state index is 0.0199. The summed E-state index contributed by atoms with van der Waals surface area (Å²) in [5, 5.41) is 4.23. The van der Waals surface area contributed by atoms with E-state index in [1.807, 2.05) is 54.6 Å². The van der Waals surface area contributed by atoms with Crippen LogP contribution in [0.5, 0.6) is 0 Å². The summed E-state index contributed by atoms with van der Waals surface area (Å²) in [5.74, 6) is 1.56. The SMILES string of the molecule is CC1CCCCC1CCNC(=O)c1ccc(/C=C2/SC3CCCCC3N(Cc3cccc(Cl)c3)C2=O)cc1. The molecule has 1 saturated heterocycles. The second kappa shape index (κ2) is 12.7. The Balaban J connectivity index is 1.24. The summed E-state index contributed by atoms with van der Waals surface area (Å²) in [4.78, 5) is 29.2. The predicted octanol–water partition coefficient (Wildman–Crippen LogP) is 7.71. The highest BCUT2D eigenvalue weighted by atomic mass is 35.5. The monoisotopic (exact) mass is 550 g/mol. The molecule has 0 aromatic heterocycles. The maximum atomic E-state index is 13.7. The standard InChI is InChI=1S/C32H39ClN2O2S/c1-22-7-2-3-9-25(22)17-18-34-31(36)26-15-13-23(14-16-26)20-30-32(37)35(21-24-8-6-10-27(33)19-24)28-11-4-5-12-29(28)38-30/h6,8,10,13-16,19-20,22,25,28-29H,2-5,7,9,11-12,17-18,21H2,1H3,(H,34,36)/b30-20+. The molecule has 0 radical (unpaired) electrons. The Labute approximate surface area is 236 Å². The van der Waals surface area contributed by atoms with Crippen LogP contribution in [0.1, 0.15) is 86.2 Å². The number of nitrogens with one attached hydrogen (secondary N) is 1. The van der Waals surface area contributed by atoms with Crippen molar-refractivity contribution in [2.24, 2.45) is 11.8 Å². The summed E-state index contributed by atoms with van der Waals surface area (Å²) in [6.07, 6.45) is 12.9. The summed E-state index contributed by atoms with van der Waals surface area (Å²) < 4.78 is 0. The normalized spacial score (nSPS) is 26.7. The number of hydrogen-bond acceptors (Lipinski definition) is 3. The summed E-state index contributed by atoms with van der Waals surface area (Å²) in [6, 6.07) is 15.7. The van der Waals surface area contributed by atoms with Crippen LogP contribution in [-0.2, 0) is 11.3 Å². The van der Waals surface area contributed by atoms with Crippen molar-refractivity contribution in [2.75, 3.05) is 6.54 Å². The number of fused-ring (bicyclic) bond motifs is 1. The first-order valence-electron chi connectivity index (χ1n) is 14.3. The van der Waals surface area contributed by atoms with Crippen molar-refractivity contribution >= 4 is 41.3 Å². The molecule has 1 N–H and O–H groups in total. The molecule has 4 nitrogen and oxygen atoms in total. The van der Waals surface area contributed by atoms with E-state index in [2.05, 4.69) is 17.1 Å². The lowest BCUT2D eigenvalue weighted by molar-refractivity contribution is -0.130. The minimum atomic E-state index is -0.0199. The van der Waals surface area contributed by atoms with Crippen molar-refractivity contribution in [1.82, 2.24) is 10.2 Å². The van der Waals surface area contributed by atoms with E-state index >= 15 is 0 Å². The van der Waals surface area contributed by atoms with E-state index in [4.69, 9.17) is 11.6 Å². The van der Waals surface area contributed by atoms with Crippen LogP contribution in [0.3, 0.4) is 0 Å². The average molecular weight is 551 g/mol. The zero-order valence-corrected chi connectivity index (χ0v) is 23.9. The topological polar surface area (TPSA) is 49.4 Å². The quantitative estimate of drug-likeness (QED) is 0.359. The molecule has 2 saturated carbocycles.